The van der Waals surface area contributed by atoms with Gasteiger partial charge >= 0.3 is 110 Å². The van der Waals surface area contributed by atoms with Crippen LogP contribution in [0.1, 0.15) is 10.4 Å². The van der Waals surface area contributed by atoms with E-state index in [9.17, 15) is 9.90 Å². The molecule has 1 aliphatic rings. The van der Waals surface area contributed by atoms with Gasteiger partial charge in [0, 0.05) is 0 Å². The second-order valence-electron chi connectivity index (χ2n) is 4.37. The monoisotopic (exact) mass is 296 g/mol. The molecule has 1 heterocycles. The number of benzene rings is 1. The van der Waals surface area contributed by atoms with E-state index >= 15 is 0 Å². The molecule has 1 aromatic carbocycles. The van der Waals surface area contributed by atoms with Gasteiger partial charge in [-0.25, -0.2) is 0 Å². The molecule has 1 aliphatic heterocycles. The first-order chi connectivity index (χ1) is 8.08. The van der Waals surface area contributed by atoms with Gasteiger partial charge in [-0.3, -0.25) is 0 Å². The first-order valence-electron chi connectivity index (χ1n) is 5.64. The van der Waals surface area contributed by atoms with E-state index in [1.54, 1.807) is 6.07 Å². The van der Waals surface area contributed by atoms with Crippen molar-refractivity contribution in [2.75, 3.05) is 38.1 Å². The van der Waals surface area contributed by atoms with Crippen LogP contribution in [0.25, 0.3) is 0 Å². The molecule has 0 aliphatic carbocycles. The van der Waals surface area contributed by atoms with Gasteiger partial charge in [0.1, 0.15) is 0 Å². The molecule has 0 radical (unpaired) electrons. The van der Waals surface area contributed by atoms with Crippen LogP contribution >= 0.6 is 0 Å². The molecule has 0 spiro atoms. The average Bonchev–Trinajstić information content (AvgIpc) is 2.30. The molecule has 1 unspecified atom stereocenters. The van der Waals surface area contributed by atoms with E-state index in [4.69, 9.17) is 0 Å². The zero-order valence-electron chi connectivity index (χ0n) is 9.89. The predicted molar refractivity (Wildman–Crippen MR) is 71.3 cm³/mol. The molecular weight excluding hydrogens is 279 g/mol. The summed E-state index contributed by atoms with van der Waals surface area (Å²) in [5, 5.41) is 9.24. The predicted octanol–water partition coefficient (Wildman–Crippen LogP) is -0.605. The summed E-state index contributed by atoms with van der Waals surface area (Å²) in [4.78, 5) is 15.7. The molecule has 17 heavy (non-hydrogen) atoms. The van der Waals surface area contributed by atoms with Crippen LogP contribution in [0.15, 0.2) is 18.2 Å². The maximum atomic E-state index is 11.3. The molecule has 92 valence electrons. The van der Waals surface area contributed by atoms with Crippen molar-refractivity contribution in [2.45, 2.75) is 0 Å². The van der Waals surface area contributed by atoms with Crippen LogP contribution in [-0.4, -0.2) is 66.1 Å². The quantitative estimate of drug-likeness (QED) is 0.740. The van der Waals surface area contributed by atoms with Crippen LogP contribution < -0.4 is 9.25 Å². The van der Waals surface area contributed by atoms with Crippen molar-refractivity contribution in [3.8, 4) is 0 Å². The fourth-order valence-corrected chi connectivity index (χ4v) is 2.60. The Bertz CT molecular complexity index is 429. The fraction of sp³-hybridized carbons (Fsp3) is 0.417. The second kappa shape index (κ2) is 5.11. The van der Waals surface area contributed by atoms with Gasteiger partial charge in [-0.15, -0.1) is 0 Å². The Morgan fingerprint density at radius 2 is 1.94 bits per heavy atom. The molecule has 1 atom stereocenters. The van der Waals surface area contributed by atoms with E-state index in [1.165, 1.54) is 16.9 Å². The standard InChI is InChI=1S/C12H17AsN2O2/c1-14-4-6-15(7-5-14)11-3-2-9(13)8-10(11)12(16)17/h2-3,8H,4-7,13H2,1H3,(H,16,17). The average molecular weight is 296 g/mol. The number of hydrogen-bond donors (Lipinski definition) is 1. The summed E-state index contributed by atoms with van der Waals surface area (Å²) in [5.41, 5.74) is 1.28. The van der Waals surface area contributed by atoms with Gasteiger partial charge in [0.2, 0.25) is 0 Å². The zero-order valence-corrected chi connectivity index (χ0v) is 12.3. The number of piperazine rings is 1. The van der Waals surface area contributed by atoms with Gasteiger partial charge in [-0.2, -0.15) is 0 Å². The second-order valence-corrected chi connectivity index (χ2v) is 5.77. The van der Waals surface area contributed by atoms with Crippen LogP contribution in [0.5, 0.6) is 0 Å². The Hall–Kier alpha value is -0.992. The normalized spacial score (nSPS) is 17.2. The van der Waals surface area contributed by atoms with Gasteiger partial charge in [0.05, 0.1) is 0 Å². The van der Waals surface area contributed by atoms with Crippen LogP contribution in [0.3, 0.4) is 0 Å². The van der Waals surface area contributed by atoms with Gasteiger partial charge in [-0.1, -0.05) is 0 Å². The third-order valence-electron chi connectivity index (χ3n) is 3.09. The molecule has 1 fully saturated rings. The first kappa shape index (κ1) is 12.5. The van der Waals surface area contributed by atoms with E-state index in [1.807, 2.05) is 12.1 Å². The molecule has 0 aromatic heterocycles. The molecule has 0 bridgehead atoms. The number of carboxylic acids is 1. The molecule has 2 rings (SSSR count). The number of nitrogens with zero attached hydrogens (tertiary/aromatic N) is 2. The number of likely N-dealkylation sites (N-methyl/N-ethyl adjacent to an activating group) is 1. The molecule has 1 saturated heterocycles. The fourth-order valence-electron chi connectivity index (χ4n) is 2.05. The van der Waals surface area contributed by atoms with Gasteiger partial charge < -0.3 is 0 Å². The summed E-state index contributed by atoms with van der Waals surface area (Å²) in [6.07, 6.45) is 0. The summed E-state index contributed by atoms with van der Waals surface area (Å²) >= 11 is 1.45. The van der Waals surface area contributed by atoms with Gasteiger partial charge in [0.15, 0.2) is 0 Å². The Kier molecular flexibility index (Phi) is 3.75. The van der Waals surface area contributed by atoms with Crippen LogP contribution in [-0.2, 0) is 0 Å². The minimum absolute atomic E-state index is 0.427. The molecule has 0 saturated carbocycles. The molecular formula is C12H17AsN2O2. The van der Waals surface area contributed by atoms with Gasteiger partial charge in [-0.05, 0) is 0 Å². The topological polar surface area (TPSA) is 43.8 Å². The number of carbonyl (C=O) groups is 1. The Morgan fingerprint density at radius 3 is 2.53 bits per heavy atom. The number of aromatic carboxylic acids is 1. The summed E-state index contributed by atoms with van der Waals surface area (Å²) in [6, 6.07) is 5.71. The molecule has 1 aromatic rings. The minimum atomic E-state index is -0.835. The van der Waals surface area contributed by atoms with E-state index in [0.29, 0.717) is 5.56 Å². The van der Waals surface area contributed by atoms with Crippen molar-refractivity contribution in [1.29, 1.82) is 0 Å². The third kappa shape index (κ3) is 2.82. The number of carboxylic acid groups (broad SMARTS) is 1. The SMILES string of the molecule is CN1CCN(c2ccc([AsH2])cc2C(=O)O)CC1. The van der Waals surface area contributed by atoms with E-state index in [0.717, 1.165) is 36.2 Å². The molecule has 1 N–H and O–H groups in total. The van der Waals surface area contributed by atoms with Crippen molar-refractivity contribution >= 4 is 32.9 Å². The van der Waals surface area contributed by atoms with Crippen LogP contribution in [0.2, 0.25) is 0 Å². The van der Waals surface area contributed by atoms with Crippen molar-refractivity contribution in [3.63, 3.8) is 0 Å². The zero-order chi connectivity index (χ0) is 12.4. The Balaban J connectivity index is 2.28. The summed E-state index contributed by atoms with van der Waals surface area (Å²) in [5.74, 6) is -0.835. The van der Waals surface area contributed by atoms with Crippen molar-refractivity contribution < 1.29 is 9.90 Å². The van der Waals surface area contributed by atoms with Crippen molar-refractivity contribution in [1.82, 2.24) is 4.90 Å². The van der Waals surface area contributed by atoms with Crippen molar-refractivity contribution in [2.24, 2.45) is 0 Å². The van der Waals surface area contributed by atoms with E-state index in [2.05, 4.69) is 16.8 Å². The Morgan fingerprint density at radius 1 is 1.29 bits per heavy atom. The maximum absolute atomic E-state index is 11.3. The summed E-state index contributed by atoms with van der Waals surface area (Å²) in [6.45, 7) is 3.75. The summed E-state index contributed by atoms with van der Waals surface area (Å²) < 4.78 is 1.05. The Labute approximate surface area is 110 Å². The molecule has 5 heteroatoms. The van der Waals surface area contributed by atoms with Crippen LogP contribution in [0.4, 0.5) is 5.69 Å². The molecule has 4 nitrogen and oxygen atoms in total. The van der Waals surface area contributed by atoms with Gasteiger partial charge in [0.25, 0.3) is 0 Å². The number of anilines is 1. The third-order valence-corrected chi connectivity index (χ3v) is 3.85. The van der Waals surface area contributed by atoms with Crippen LogP contribution in [0, 0.1) is 0 Å². The summed E-state index contributed by atoms with van der Waals surface area (Å²) in [7, 11) is 2.09. The van der Waals surface area contributed by atoms with Crippen molar-refractivity contribution in [3.05, 3.63) is 23.8 Å². The van der Waals surface area contributed by atoms with E-state index in [-0.39, 0.29) is 0 Å². The van der Waals surface area contributed by atoms with E-state index < -0.39 is 5.97 Å². The molecule has 0 amide bonds. The first-order valence-corrected chi connectivity index (χ1v) is 6.85. The number of hydrogen-bond acceptors (Lipinski definition) is 3. The number of rotatable bonds is 2.